The summed E-state index contributed by atoms with van der Waals surface area (Å²) in [6.07, 6.45) is 5.44. The number of aryl methyl sites for hydroxylation is 4. The van der Waals surface area contributed by atoms with Gasteiger partial charge in [0.2, 0.25) is 0 Å². The van der Waals surface area contributed by atoms with Crippen molar-refractivity contribution in [1.29, 1.82) is 0 Å². The van der Waals surface area contributed by atoms with E-state index in [0.29, 0.717) is 23.3 Å². The Labute approximate surface area is 247 Å². The molecule has 0 spiro atoms. The number of amides is 1. The van der Waals surface area contributed by atoms with E-state index in [9.17, 15) is 14.5 Å². The molecule has 0 aromatic heterocycles. The second kappa shape index (κ2) is 17.2. The number of hydrogen-bond donors (Lipinski definition) is 2. The second-order valence-electron chi connectivity index (χ2n) is 9.73. The van der Waals surface area contributed by atoms with Crippen LogP contribution >= 0.6 is 24.4 Å². The van der Waals surface area contributed by atoms with E-state index in [1.165, 1.54) is 0 Å². The molecule has 1 aliphatic rings. The van der Waals surface area contributed by atoms with E-state index in [4.69, 9.17) is 14.6 Å². The van der Waals surface area contributed by atoms with E-state index >= 15 is 0 Å². The molecular weight excluding hydrogens is 548 g/mol. The van der Waals surface area contributed by atoms with Gasteiger partial charge in [0.1, 0.15) is 11.4 Å². The van der Waals surface area contributed by atoms with E-state index in [1.54, 1.807) is 16.7 Å². The summed E-state index contributed by atoms with van der Waals surface area (Å²) in [7, 11) is 0. The van der Waals surface area contributed by atoms with Crippen LogP contribution in [-0.4, -0.2) is 53.6 Å². The van der Waals surface area contributed by atoms with Crippen molar-refractivity contribution in [1.82, 2.24) is 4.90 Å². The topological polar surface area (TPSA) is 106 Å². The molecule has 8 nitrogen and oxygen atoms in total. The van der Waals surface area contributed by atoms with Crippen molar-refractivity contribution in [2.75, 3.05) is 26.3 Å². The molecule has 1 amide bonds. The Morgan fingerprint density at radius 3 is 2.23 bits per heavy atom. The van der Waals surface area contributed by atoms with Gasteiger partial charge in [0, 0.05) is 28.1 Å². The van der Waals surface area contributed by atoms with Crippen molar-refractivity contribution < 1.29 is 24.2 Å². The van der Waals surface area contributed by atoms with Crippen molar-refractivity contribution in [2.45, 2.75) is 88.2 Å². The van der Waals surface area contributed by atoms with Gasteiger partial charge in [-0.05, 0) is 105 Å². The molecule has 0 aliphatic carbocycles. The van der Waals surface area contributed by atoms with Gasteiger partial charge in [-0.3, -0.25) is 0 Å². The van der Waals surface area contributed by atoms with Crippen LogP contribution in [0.3, 0.4) is 0 Å². The molecule has 3 rings (SSSR count). The van der Waals surface area contributed by atoms with Crippen LogP contribution in [0.1, 0.15) is 68.7 Å². The number of thiol groups is 1. The van der Waals surface area contributed by atoms with Crippen LogP contribution in [0.15, 0.2) is 39.2 Å². The molecular formula is C30H42N2O6S2. The SMILES string of the molecule is CCCCc1cc(Sc2cc(C)c(OCC(=O)O)c(CC)c2)cc(C)c1N=O.CCOC(=O)N1CCC(S)CC1. The minimum absolute atomic E-state index is 0.183. The highest BCUT2D eigenvalue weighted by atomic mass is 32.2. The van der Waals surface area contributed by atoms with E-state index in [-0.39, 0.29) is 12.7 Å². The highest BCUT2D eigenvalue weighted by molar-refractivity contribution is 7.99. The number of ether oxygens (including phenoxy) is 2. The van der Waals surface area contributed by atoms with E-state index in [0.717, 1.165) is 83.7 Å². The highest BCUT2D eigenvalue weighted by Gasteiger charge is 2.21. The van der Waals surface area contributed by atoms with Crippen molar-refractivity contribution in [3.63, 3.8) is 0 Å². The first-order chi connectivity index (χ1) is 19.1. The van der Waals surface area contributed by atoms with Gasteiger partial charge in [-0.25, -0.2) is 9.59 Å². The molecule has 1 heterocycles. The molecule has 1 fully saturated rings. The third-order valence-corrected chi connectivity index (χ3v) is 7.98. The van der Waals surface area contributed by atoms with Crippen molar-refractivity contribution in [3.05, 3.63) is 51.4 Å². The van der Waals surface area contributed by atoms with E-state index < -0.39 is 5.97 Å². The molecule has 0 bridgehead atoms. The number of likely N-dealkylation sites (tertiary alicyclic amines) is 1. The monoisotopic (exact) mass is 590 g/mol. The molecule has 0 unspecified atom stereocenters. The summed E-state index contributed by atoms with van der Waals surface area (Å²) in [5.41, 5.74) is 4.34. The number of nitrogens with zero attached hydrogens (tertiary/aromatic N) is 2. The zero-order chi connectivity index (χ0) is 29.7. The lowest BCUT2D eigenvalue weighted by Crippen LogP contribution is -2.39. The molecule has 0 radical (unpaired) electrons. The Morgan fingerprint density at radius 1 is 1.05 bits per heavy atom. The summed E-state index contributed by atoms with van der Waals surface area (Å²) in [4.78, 5) is 37.1. The zero-order valence-electron chi connectivity index (χ0n) is 24.2. The maximum Gasteiger partial charge on any atom is 0.409 e. The average molecular weight is 591 g/mol. The minimum Gasteiger partial charge on any atom is -0.481 e. The van der Waals surface area contributed by atoms with E-state index in [2.05, 4.69) is 30.8 Å². The molecule has 2 aromatic carbocycles. The van der Waals surface area contributed by atoms with Crippen LogP contribution in [0, 0.1) is 18.8 Å². The van der Waals surface area contributed by atoms with E-state index in [1.807, 2.05) is 45.9 Å². The molecule has 220 valence electrons. The number of carboxylic acids is 1. The Balaban J connectivity index is 0.000000389. The normalized spacial score (nSPS) is 13.3. The number of benzene rings is 2. The Kier molecular flexibility index (Phi) is 14.4. The van der Waals surface area contributed by atoms with Gasteiger partial charge in [-0.1, -0.05) is 32.0 Å². The molecule has 0 saturated carbocycles. The maximum absolute atomic E-state index is 11.2. The number of hydrogen-bond acceptors (Lipinski definition) is 8. The van der Waals surface area contributed by atoms with Crippen molar-refractivity contribution >= 4 is 42.1 Å². The third-order valence-electron chi connectivity index (χ3n) is 6.52. The van der Waals surface area contributed by atoms with Crippen molar-refractivity contribution in [3.8, 4) is 5.75 Å². The average Bonchev–Trinajstić information content (AvgIpc) is 2.91. The number of carbonyl (C=O) groups is 2. The van der Waals surface area contributed by atoms with Crippen LogP contribution in [0.25, 0.3) is 0 Å². The molecule has 1 aliphatic heterocycles. The standard InChI is InChI=1S/C22H27NO4S.C8H15NO2S/c1-5-7-8-17-12-18(9-14(3)21(17)23-26)28-19-10-15(4)22(16(6-2)11-19)27-13-20(24)25;1-2-11-8(10)9-5-3-7(12)4-6-9/h9-12H,5-8,13H2,1-4H3,(H,24,25);7,12H,2-6H2,1H3. The summed E-state index contributed by atoms with van der Waals surface area (Å²) in [5.74, 6) is -0.339. The lowest BCUT2D eigenvalue weighted by Gasteiger charge is -2.28. The number of carboxylic acid groups (broad SMARTS) is 1. The zero-order valence-corrected chi connectivity index (χ0v) is 25.9. The van der Waals surface area contributed by atoms with Gasteiger partial charge >= 0.3 is 12.1 Å². The minimum atomic E-state index is -0.987. The largest absolute Gasteiger partial charge is 0.481 e. The molecule has 1 N–H and O–H groups in total. The molecule has 1 saturated heterocycles. The fourth-order valence-corrected chi connectivity index (χ4v) is 5.81. The van der Waals surface area contributed by atoms with Crippen LogP contribution in [-0.2, 0) is 22.4 Å². The van der Waals surface area contributed by atoms with Crippen LogP contribution in [0.5, 0.6) is 5.75 Å². The summed E-state index contributed by atoms with van der Waals surface area (Å²) >= 11 is 5.97. The number of nitroso groups, excluding NO2 is 1. The quantitative estimate of drug-likeness (QED) is 0.203. The van der Waals surface area contributed by atoms with Gasteiger partial charge < -0.3 is 19.5 Å². The second-order valence-corrected chi connectivity index (χ2v) is 11.6. The fraction of sp³-hybridized carbons (Fsp3) is 0.533. The summed E-state index contributed by atoms with van der Waals surface area (Å²) < 4.78 is 10.4. The first kappa shape index (κ1) is 33.5. The van der Waals surface area contributed by atoms with Gasteiger partial charge in [0.25, 0.3) is 0 Å². The fourth-order valence-electron chi connectivity index (χ4n) is 4.44. The van der Waals surface area contributed by atoms with Gasteiger partial charge in [0.05, 0.1) is 6.61 Å². The lowest BCUT2D eigenvalue weighted by molar-refractivity contribution is -0.139. The molecule has 0 atom stereocenters. The first-order valence-corrected chi connectivity index (χ1v) is 15.2. The molecule has 2 aromatic rings. The predicted octanol–water partition coefficient (Wildman–Crippen LogP) is 7.76. The number of rotatable bonds is 11. The van der Waals surface area contributed by atoms with Gasteiger partial charge in [-0.15, -0.1) is 4.91 Å². The number of unbranched alkanes of at least 4 members (excludes halogenated alkanes) is 1. The molecule has 40 heavy (non-hydrogen) atoms. The smallest absolute Gasteiger partial charge is 0.409 e. The lowest BCUT2D eigenvalue weighted by atomic mass is 10.0. The van der Waals surface area contributed by atoms with Crippen LogP contribution in [0.2, 0.25) is 0 Å². The maximum atomic E-state index is 11.2. The predicted molar refractivity (Wildman–Crippen MR) is 164 cm³/mol. The van der Waals surface area contributed by atoms with Crippen LogP contribution < -0.4 is 4.74 Å². The Hall–Kier alpha value is -2.72. The Morgan fingerprint density at radius 2 is 1.68 bits per heavy atom. The van der Waals surface area contributed by atoms with Crippen LogP contribution in [0.4, 0.5) is 10.5 Å². The number of carbonyl (C=O) groups excluding carboxylic acids is 1. The third kappa shape index (κ3) is 10.4. The Bertz CT molecular complexity index is 1150. The summed E-state index contributed by atoms with van der Waals surface area (Å²) in [6.45, 7) is 11.5. The summed E-state index contributed by atoms with van der Waals surface area (Å²) in [5, 5.41) is 12.6. The number of piperidine rings is 1. The van der Waals surface area contributed by atoms with Gasteiger partial charge in [-0.2, -0.15) is 12.6 Å². The summed E-state index contributed by atoms with van der Waals surface area (Å²) in [6, 6.07) is 8.10. The first-order valence-electron chi connectivity index (χ1n) is 13.9. The van der Waals surface area contributed by atoms with Crippen molar-refractivity contribution in [2.24, 2.45) is 5.18 Å². The highest BCUT2D eigenvalue weighted by Crippen LogP contribution is 2.37. The molecule has 10 heteroatoms. The van der Waals surface area contributed by atoms with Gasteiger partial charge in [0.15, 0.2) is 6.61 Å². The number of aliphatic carboxylic acids is 1.